The number of allylic oxidation sites excluding steroid dienone is 1. The maximum Gasteiger partial charge on any atom is 0.136 e. The summed E-state index contributed by atoms with van der Waals surface area (Å²) >= 11 is 0. The van der Waals surface area contributed by atoms with Gasteiger partial charge in [-0.05, 0) is 36.8 Å². The van der Waals surface area contributed by atoms with Crippen LogP contribution in [0.4, 0.5) is 0 Å². The van der Waals surface area contributed by atoms with Gasteiger partial charge in [0, 0.05) is 44.2 Å². The second kappa shape index (κ2) is 9.00. The van der Waals surface area contributed by atoms with Gasteiger partial charge < -0.3 is 25.4 Å². The summed E-state index contributed by atoms with van der Waals surface area (Å²) in [7, 11) is -1.13. The number of nitrogens with one attached hydrogen (secondary N) is 1. The molecular formula is C24H32N4O3S. The van der Waals surface area contributed by atoms with Crippen molar-refractivity contribution in [2.24, 2.45) is 10.7 Å². The highest BCUT2D eigenvalue weighted by Gasteiger charge is 2.42. The van der Waals surface area contributed by atoms with E-state index in [-0.39, 0.29) is 11.6 Å². The molecule has 7 nitrogen and oxygen atoms in total. The standard InChI is InChI=1S/C24H32N4O3S/c1-17(28-11-9-24(10-12-28)20-5-3-2-4-18(20)16-31-24)26-21-8-15-32(29)22(21)23(25)27-19-6-13-30-14-7-19/h2-5,19,26H,1,6-16H2,(H2,25,27). The quantitative estimate of drug-likeness (QED) is 0.523. The van der Waals surface area contributed by atoms with Gasteiger partial charge in [-0.25, -0.2) is 0 Å². The van der Waals surface area contributed by atoms with Crippen molar-refractivity contribution in [2.75, 3.05) is 32.1 Å². The molecule has 3 N–H and O–H groups in total. The second-order valence-electron chi connectivity index (χ2n) is 8.96. The molecule has 0 aromatic heterocycles. The van der Waals surface area contributed by atoms with Crippen molar-refractivity contribution >= 4 is 16.6 Å². The second-order valence-corrected chi connectivity index (χ2v) is 10.5. The van der Waals surface area contributed by atoms with Gasteiger partial charge in [-0.1, -0.05) is 30.8 Å². The van der Waals surface area contributed by atoms with Crippen LogP contribution in [-0.2, 0) is 32.5 Å². The van der Waals surface area contributed by atoms with Crippen LogP contribution in [0.2, 0.25) is 0 Å². The predicted molar refractivity (Wildman–Crippen MR) is 126 cm³/mol. The third-order valence-electron chi connectivity index (χ3n) is 7.04. The van der Waals surface area contributed by atoms with E-state index in [9.17, 15) is 4.21 Å². The Balaban J connectivity index is 1.25. The van der Waals surface area contributed by atoms with E-state index < -0.39 is 10.8 Å². The Labute approximate surface area is 192 Å². The smallest absolute Gasteiger partial charge is 0.136 e. The number of fused-ring (bicyclic) bond motifs is 2. The van der Waals surface area contributed by atoms with Crippen LogP contribution in [0.15, 0.2) is 52.3 Å². The molecule has 1 spiro atoms. The highest BCUT2D eigenvalue weighted by Crippen LogP contribution is 2.44. The van der Waals surface area contributed by atoms with Crippen LogP contribution < -0.4 is 11.1 Å². The van der Waals surface area contributed by atoms with Crippen molar-refractivity contribution in [1.29, 1.82) is 0 Å². The first-order chi connectivity index (χ1) is 15.6. The van der Waals surface area contributed by atoms with E-state index >= 15 is 0 Å². The molecule has 0 aliphatic carbocycles. The van der Waals surface area contributed by atoms with E-state index in [2.05, 4.69) is 46.1 Å². The first-order valence-corrected chi connectivity index (χ1v) is 12.8. The molecule has 0 radical (unpaired) electrons. The summed E-state index contributed by atoms with van der Waals surface area (Å²) in [5, 5.41) is 3.44. The molecule has 1 unspecified atom stereocenters. The van der Waals surface area contributed by atoms with Crippen molar-refractivity contribution in [3.05, 3.63) is 58.4 Å². The molecule has 0 bridgehead atoms. The van der Waals surface area contributed by atoms with Gasteiger partial charge in [0.2, 0.25) is 0 Å². The predicted octanol–water partition coefficient (Wildman–Crippen LogP) is 2.47. The highest BCUT2D eigenvalue weighted by atomic mass is 32.2. The normalized spacial score (nSPS) is 25.9. The van der Waals surface area contributed by atoms with Crippen LogP contribution in [-0.4, -0.2) is 53.0 Å². The van der Waals surface area contributed by atoms with Gasteiger partial charge in [0.25, 0.3) is 0 Å². The summed E-state index contributed by atoms with van der Waals surface area (Å²) < 4.78 is 24.4. The van der Waals surface area contributed by atoms with E-state index in [0.29, 0.717) is 42.7 Å². The fourth-order valence-electron chi connectivity index (χ4n) is 5.20. The van der Waals surface area contributed by atoms with Gasteiger partial charge in [-0.15, -0.1) is 0 Å². The number of piperidine rings is 1. The summed E-state index contributed by atoms with van der Waals surface area (Å²) in [6.45, 7) is 8.10. The molecule has 2 saturated heterocycles. The summed E-state index contributed by atoms with van der Waals surface area (Å²) in [5.41, 5.74) is 9.69. The summed E-state index contributed by atoms with van der Waals surface area (Å²) in [4.78, 5) is 7.58. The SMILES string of the molecule is C=C(NC1=C(C(N)=NC2CCOCC2)S(=O)CC1)N1CCC2(CC1)OCc1ccccc12. The lowest BCUT2D eigenvalue weighted by Crippen LogP contribution is -2.44. The Kier molecular flexibility index (Phi) is 6.09. The Hall–Kier alpha value is -2.16. The van der Waals surface area contributed by atoms with Crippen LogP contribution in [0.3, 0.4) is 0 Å². The maximum absolute atomic E-state index is 12.7. The Bertz CT molecular complexity index is 975. The third-order valence-corrected chi connectivity index (χ3v) is 8.53. The monoisotopic (exact) mass is 456 g/mol. The number of nitrogens with zero attached hydrogens (tertiary/aromatic N) is 2. The Morgan fingerprint density at radius 2 is 2.00 bits per heavy atom. The number of hydrogen-bond acceptors (Lipinski definition) is 6. The molecular weight excluding hydrogens is 424 g/mol. The zero-order valence-electron chi connectivity index (χ0n) is 18.5. The Morgan fingerprint density at radius 1 is 1.25 bits per heavy atom. The fourth-order valence-corrected chi connectivity index (χ4v) is 6.50. The van der Waals surface area contributed by atoms with E-state index in [1.54, 1.807) is 0 Å². The van der Waals surface area contributed by atoms with Gasteiger partial charge in [0.05, 0.1) is 39.8 Å². The molecule has 4 aliphatic rings. The van der Waals surface area contributed by atoms with Crippen LogP contribution in [0.1, 0.15) is 43.2 Å². The molecule has 0 saturated carbocycles. The molecule has 172 valence electrons. The topological polar surface area (TPSA) is 89.2 Å². The number of aliphatic imine (C=N–C) groups is 1. The van der Waals surface area contributed by atoms with Crippen LogP contribution in [0, 0.1) is 0 Å². The van der Waals surface area contributed by atoms with Crippen LogP contribution in [0.5, 0.6) is 0 Å². The molecule has 32 heavy (non-hydrogen) atoms. The molecule has 5 rings (SSSR count). The zero-order chi connectivity index (χ0) is 22.1. The lowest BCUT2D eigenvalue weighted by Gasteiger charge is -2.41. The van der Waals surface area contributed by atoms with Crippen LogP contribution >= 0.6 is 0 Å². The number of ether oxygens (including phenoxy) is 2. The van der Waals surface area contributed by atoms with Crippen molar-refractivity contribution in [2.45, 2.75) is 50.4 Å². The van der Waals surface area contributed by atoms with Gasteiger partial charge in [0.15, 0.2) is 0 Å². The molecule has 2 fully saturated rings. The van der Waals surface area contributed by atoms with Gasteiger partial charge in [-0.3, -0.25) is 9.20 Å². The summed E-state index contributed by atoms with van der Waals surface area (Å²) in [5.74, 6) is 1.80. The average Bonchev–Trinajstić information content (AvgIpc) is 3.35. The largest absolute Gasteiger partial charge is 0.383 e. The van der Waals surface area contributed by atoms with Crippen LogP contribution in [0.25, 0.3) is 0 Å². The first kappa shape index (κ1) is 21.7. The summed E-state index contributed by atoms with van der Waals surface area (Å²) in [6.07, 6.45) is 4.26. The molecule has 8 heteroatoms. The molecule has 0 amide bonds. The lowest BCUT2D eigenvalue weighted by atomic mass is 9.84. The van der Waals surface area contributed by atoms with Crippen molar-refractivity contribution < 1.29 is 13.7 Å². The zero-order valence-corrected chi connectivity index (χ0v) is 19.3. The minimum atomic E-state index is -1.13. The van der Waals surface area contributed by atoms with Gasteiger partial charge in [-0.2, -0.15) is 0 Å². The number of likely N-dealkylation sites (tertiary alicyclic amines) is 1. The number of nitrogens with two attached hydrogens (primary N) is 1. The number of rotatable bonds is 5. The van der Waals surface area contributed by atoms with Crippen molar-refractivity contribution in [3.8, 4) is 0 Å². The molecule has 1 atom stereocenters. The minimum absolute atomic E-state index is 0.144. The molecule has 4 aliphatic heterocycles. The Morgan fingerprint density at radius 3 is 2.78 bits per heavy atom. The first-order valence-electron chi connectivity index (χ1n) is 11.5. The number of hydrogen-bond donors (Lipinski definition) is 2. The molecule has 4 heterocycles. The fraction of sp³-hybridized carbons (Fsp3) is 0.542. The maximum atomic E-state index is 12.7. The minimum Gasteiger partial charge on any atom is -0.383 e. The van der Waals surface area contributed by atoms with E-state index in [1.807, 2.05) is 0 Å². The third kappa shape index (κ3) is 4.11. The number of benzene rings is 1. The molecule has 1 aromatic rings. The van der Waals surface area contributed by atoms with E-state index in [4.69, 9.17) is 15.2 Å². The van der Waals surface area contributed by atoms with E-state index in [0.717, 1.165) is 50.3 Å². The van der Waals surface area contributed by atoms with Crippen molar-refractivity contribution in [3.63, 3.8) is 0 Å². The van der Waals surface area contributed by atoms with E-state index in [1.165, 1.54) is 11.1 Å². The number of amidine groups is 1. The lowest BCUT2D eigenvalue weighted by molar-refractivity contribution is -0.0749. The van der Waals surface area contributed by atoms with Crippen molar-refractivity contribution in [1.82, 2.24) is 10.2 Å². The average molecular weight is 457 g/mol. The summed E-state index contributed by atoms with van der Waals surface area (Å²) in [6, 6.07) is 8.69. The molecule has 1 aromatic carbocycles. The van der Waals surface area contributed by atoms with Gasteiger partial charge in [0.1, 0.15) is 5.84 Å². The highest BCUT2D eigenvalue weighted by molar-refractivity contribution is 7.90. The van der Waals surface area contributed by atoms with Gasteiger partial charge >= 0.3 is 0 Å².